The topological polar surface area (TPSA) is 65.2 Å². The maximum atomic E-state index is 12.9. The lowest BCUT2D eigenvalue weighted by Crippen LogP contribution is -2.49. The highest BCUT2D eigenvalue weighted by Gasteiger charge is 2.28. The van der Waals surface area contributed by atoms with Crippen molar-refractivity contribution in [3.05, 3.63) is 36.0 Å². The van der Waals surface area contributed by atoms with E-state index in [4.69, 9.17) is 0 Å². The number of carbonyl (C=O) groups excluding carboxylic acids is 2. The van der Waals surface area contributed by atoms with Gasteiger partial charge in [0.1, 0.15) is 6.04 Å². The van der Waals surface area contributed by atoms with E-state index in [0.717, 1.165) is 42.4 Å². The molecule has 0 bridgehead atoms. The molecular weight excluding hydrogens is 314 g/mol. The molecular formula is C20H27N3O2. The number of hydrogen-bond donors (Lipinski definition) is 2. The maximum absolute atomic E-state index is 12.9. The molecule has 0 spiro atoms. The summed E-state index contributed by atoms with van der Waals surface area (Å²) in [5.41, 5.74) is 2.12. The van der Waals surface area contributed by atoms with Gasteiger partial charge in [-0.05, 0) is 30.4 Å². The molecule has 2 heterocycles. The van der Waals surface area contributed by atoms with Gasteiger partial charge >= 0.3 is 0 Å². The number of aromatic amines is 1. The Morgan fingerprint density at radius 3 is 2.64 bits per heavy atom. The first kappa shape index (κ1) is 17.5. The minimum absolute atomic E-state index is 0.0416. The highest BCUT2D eigenvalue weighted by molar-refractivity contribution is 5.89. The summed E-state index contributed by atoms with van der Waals surface area (Å²) in [5.74, 6) is 0.267. The van der Waals surface area contributed by atoms with E-state index in [1.54, 1.807) is 0 Å². The van der Waals surface area contributed by atoms with Crippen LogP contribution in [-0.4, -0.2) is 40.8 Å². The number of amides is 2. The molecule has 134 valence electrons. The molecule has 1 saturated heterocycles. The zero-order chi connectivity index (χ0) is 17.8. The Labute approximate surface area is 148 Å². The Hall–Kier alpha value is -2.30. The van der Waals surface area contributed by atoms with E-state index < -0.39 is 6.04 Å². The predicted octanol–water partition coefficient (Wildman–Crippen LogP) is 2.86. The van der Waals surface area contributed by atoms with E-state index in [2.05, 4.69) is 16.4 Å². The van der Waals surface area contributed by atoms with Crippen molar-refractivity contribution >= 4 is 22.7 Å². The Morgan fingerprint density at radius 2 is 1.92 bits per heavy atom. The van der Waals surface area contributed by atoms with Crippen molar-refractivity contribution < 1.29 is 9.59 Å². The number of para-hydroxylation sites is 1. The summed E-state index contributed by atoms with van der Waals surface area (Å²) in [6.45, 7) is 5.61. The van der Waals surface area contributed by atoms with Crippen LogP contribution in [0.4, 0.5) is 0 Å². The summed E-state index contributed by atoms with van der Waals surface area (Å²) in [6, 6.07) is 7.56. The van der Waals surface area contributed by atoms with Crippen molar-refractivity contribution in [3.63, 3.8) is 0 Å². The van der Waals surface area contributed by atoms with Crippen molar-refractivity contribution in [2.75, 3.05) is 13.1 Å². The SMILES string of the molecule is CC(C)CC(=O)N[C@@H](Cc1c[nH]c2ccccc12)C(=O)N1CCCC1. The van der Waals surface area contributed by atoms with Crippen LogP contribution in [0.5, 0.6) is 0 Å². The largest absolute Gasteiger partial charge is 0.361 e. The number of nitrogens with one attached hydrogen (secondary N) is 2. The van der Waals surface area contributed by atoms with Crippen LogP contribution in [0.1, 0.15) is 38.7 Å². The molecule has 2 aromatic rings. The van der Waals surface area contributed by atoms with Gasteiger partial charge in [0.05, 0.1) is 0 Å². The summed E-state index contributed by atoms with van der Waals surface area (Å²) in [4.78, 5) is 30.3. The number of aromatic nitrogens is 1. The van der Waals surface area contributed by atoms with Gasteiger partial charge in [0.15, 0.2) is 0 Å². The van der Waals surface area contributed by atoms with Crippen LogP contribution in [0.15, 0.2) is 30.5 Å². The summed E-state index contributed by atoms with van der Waals surface area (Å²) in [6.07, 6.45) is 5.00. The van der Waals surface area contributed by atoms with E-state index in [9.17, 15) is 9.59 Å². The van der Waals surface area contributed by atoms with Gasteiger partial charge in [0.25, 0.3) is 0 Å². The van der Waals surface area contributed by atoms with E-state index in [1.807, 2.05) is 43.1 Å². The second-order valence-corrected chi connectivity index (χ2v) is 7.31. The smallest absolute Gasteiger partial charge is 0.245 e. The molecule has 1 aliphatic heterocycles. The number of carbonyl (C=O) groups is 2. The molecule has 2 amide bonds. The zero-order valence-electron chi connectivity index (χ0n) is 15.0. The molecule has 5 heteroatoms. The lowest BCUT2D eigenvalue weighted by atomic mass is 10.0. The summed E-state index contributed by atoms with van der Waals surface area (Å²) >= 11 is 0. The predicted molar refractivity (Wildman–Crippen MR) is 99.2 cm³/mol. The van der Waals surface area contributed by atoms with Crippen molar-refractivity contribution in [2.45, 2.75) is 45.6 Å². The number of H-pyrrole nitrogens is 1. The molecule has 3 rings (SSSR count). The average Bonchev–Trinajstić information content (AvgIpc) is 3.23. The highest BCUT2D eigenvalue weighted by atomic mass is 16.2. The number of benzene rings is 1. The second kappa shape index (κ2) is 7.72. The quantitative estimate of drug-likeness (QED) is 0.848. The third kappa shape index (κ3) is 4.21. The van der Waals surface area contributed by atoms with Gasteiger partial charge in [-0.25, -0.2) is 0 Å². The Kier molecular flexibility index (Phi) is 5.41. The second-order valence-electron chi connectivity index (χ2n) is 7.31. The summed E-state index contributed by atoms with van der Waals surface area (Å²) < 4.78 is 0. The molecule has 1 atom stereocenters. The van der Waals surface area contributed by atoms with Crippen molar-refractivity contribution in [1.29, 1.82) is 0 Å². The molecule has 1 fully saturated rings. The number of hydrogen-bond acceptors (Lipinski definition) is 2. The molecule has 5 nitrogen and oxygen atoms in total. The fraction of sp³-hybridized carbons (Fsp3) is 0.500. The Bertz CT molecular complexity index is 744. The van der Waals surface area contributed by atoms with E-state index in [0.29, 0.717) is 12.8 Å². The van der Waals surface area contributed by atoms with Crippen LogP contribution < -0.4 is 5.32 Å². The summed E-state index contributed by atoms with van der Waals surface area (Å²) in [5, 5.41) is 4.09. The normalized spacial score (nSPS) is 15.7. The van der Waals surface area contributed by atoms with Gasteiger partial charge in [-0.2, -0.15) is 0 Å². The van der Waals surface area contributed by atoms with Crippen molar-refractivity contribution in [1.82, 2.24) is 15.2 Å². The van der Waals surface area contributed by atoms with Crippen LogP contribution in [0.3, 0.4) is 0 Å². The van der Waals surface area contributed by atoms with Crippen LogP contribution in [0, 0.1) is 5.92 Å². The molecule has 25 heavy (non-hydrogen) atoms. The van der Waals surface area contributed by atoms with Gasteiger partial charge in [-0.15, -0.1) is 0 Å². The lowest BCUT2D eigenvalue weighted by Gasteiger charge is -2.24. The van der Waals surface area contributed by atoms with Crippen LogP contribution in [0.25, 0.3) is 10.9 Å². The highest BCUT2D eigenvalue weighted by Crippen LogP contribution is 2.20. The van der Waals surface area contributed by atoms with Gasteiger partial charge in [0, 0.05) is 43.0 Å². The molecule has 0 aliphatic carbocycles. The minimum Gasteiger partial charge on any atom is -0.361 e. The Balaban J connectivity index is 1.79. The fourth-order valence-electron chi connectivity index (χ4n) is 3.50. The van der Waals surface area contributed by atoms with Crippen molar-refractivity contribution in [2.24, 2.45) is 5.92 Å². The van der Waals surface area contributed by atoms with Gasteiger partial charge in [-0.1, -0.05) is 32.0 Å². The molecule has 0 unspecified atom stereocenters. The number of nitrogens with zero attached hydrogens (tertiary/aromatic N) is 1. The first-order valence-corrected chi connectivity index (χ1v) is 9.17. The standard InChI is InChI=1S/C20H27N3O2/c1-14(2)11-19(24)22-18(20(25)23-9-5-6-10-23)12-15-13-21-17-8-4-3-7-16(15)17/h3-4,7-8,13-14,18,21H,5-6,9-12H2,1-2H3,(H,22,24)/t18-/m0/s1. The van der Waals surface area contributed by atoms with Crippen LogP contribution in [0.2, 0.25) is 0 Å². The zero-order valence-corrected chi connectivity index (χ0v) is 15.0. The lowest BCUT2D eigenvalue weighted by molar-refractivity contribution is -0.135. The first-order valence-electron chi connectivity index (χ1n) is 9.17. The molecule has 1 aliphatic rings. The molecule has 1 aromatic heterocycles. The monoisotopic (exact) mass is 341 g/mol. The van der Waals surface area contributed by atoms with Crippen LogP contribution >= 0.6 is 0 Å². The Morgan fingerprint density at radius 1 is 1.20 bits per heavy atom. The number of fused-ring (bicyclic) bond motifs is 1. The average molecular weight is 341 g/mol. The van der Waals surface area contributed by atoms with Gasteiger partial charge < -0.3 is 15.2 Å². The first-order chi connectivity index (χ1) is 12.0. The van der Waals surface area contributed by atoms with E-state index in [-0.39, 0.29) is 17.7 Å². The maximum Gasteiger partial charge on any atom is 0.245 e. The van der Waals surface area contributed by atoms with Gasteiger partial charge in [0.2, 0.25) is 11.8 Å². The molecule has 0 saturated carbocycles. The van der Waals surface area contributed by atoms with Gasteiger partial charge in [-0.3, -0.25) is 9.59 Å². The number of rotatable bonds is 6. The van der Waals surface area contributed by atoms with Crippen molar-refractivity contribution in [3.8, 4) is 0 Å². The third-order valence-corrected chi connectivity index (χ3v) is 4.74. The molecule has 1 aromatic carbocycles. The minimum atomic E-state index is -0.497. The molecule has 0 radical (unpaired) electrons. The van der Waals surface area contributed by atoms with Crippen LogP contribution in [-0.2, 0) is 16.0 Å². The number of likely N-dealkylation sites (tertiary alicyclic amines) is 1. The summed E-state index contributed by atoms with van der Waals surface area (Å²) in [7, 11) is 0. The molecule has 2 N–H and O–H groups in total. The van der Waals surface area contributed by atoms with E-state index in [1.165, 1.54) is 0 Å². The van der Waals surface area contributed by atoms with E-state index >= 15 is 0 Å². The fourth-order valence-corrected chi connectivity index (χ4v) is 3.50. The third-order valence-electron chi connectivity index (χ3n) is 4.74.